The van der Waals surface area contributed by atoms with E-state index in [-0.39, 0.29) is 11.8 Å². The molecule has 1 unspecified atom stereocenters. The second-order valence-electron chi connectivity index (χ2n) is 5.56. The van der Waals surface area contributed by atoms with Crippen molar-refractivity contribution in [3.8, 4) is 0 Å². The van der Waals surface area contributed by atoms with Crippen LogP contribution in [-0.2, 0) is 9.53 Å². The number of amides is 1. The van der Waals surface area contributed by atoms with Gasteiger partial charge < -0.3 is 20.3 Å². The fourth-order valence-corrected chi connectivity index (χ4v) is 2.46. The van der Waals surface area contributed by atoms with E-state index in [2.05, 4.69) is 15.5 Å². The minimum absolute atomic E-state index is 0.0516. The molecule has 5 heteroatoms. The molecule has 1 aliphatic rings. The zero-order valence-electron chi connectivity index (χ0n) is 12.9. The van der Waals surface area contributed by atoms with Crippen LogP contribution in [-0.4, -0.2) is 57.8 Å². The molecule has 0 radical (unpaired) electrons. The highest BCUT2D eigenvalue weighted by Gasteiger charge is 2.25. The molecule has 5 nitrogen and oxygen atoms in total. The number of nitrogens with zero attached hydrogens (tertiary/aromatic N) is 1. The number of carbonyl (C=O) groups is 1. The lowest BCUT2D eigenvalue weighted by Gasteiger charge is -2.25. The fourth-order valence-electron chi connectivity index (χ4n) is 2.46. The Labute approximate surface area is 126 Å². The number of likely N-dealkylation sites (N-methyl/N-ethyl adjacent to an activating group) is 1. The number of ether oxygens (including phenoxy) is 1. The summed E-state index contributed by atoms with van der Waals surface area (Å²) in [5.41, 5.74) is 2.17. The van der Waals surface area contributed by atoms with Gasteiger partial charge in [-0.1, -0.05) is 18.2 Å². The summed E-state index contributed by atoms with van der Waals surface area (Å²) >= 11 is 0. The van der Waals surface area contributed by atoms with Gasteiger partial charge in [0.15, 0.2) is 0 Å². The van der Waals surface area contributed by atoms with Gasteiger partial charge in [-0.25, -0.2) is 0 Å². The van der Waals surface area contributed by atoms with Gasteiger partial charge in [0.05, 0.1) is 19.1 Å². The quantitative estimate of drug-likeness (QED) is 0.743. The second kappa shape index (κ2) is 8.00. The Morgan fingerprint density at radius 1 is 1.38 bits per heavy atom. The number of carbonyl (C=O) groups excluding carboxylic acids is 1. The van der Waals surface area contributed by atoms with Gasteiger partial charge in [-0.05, 0) is 32.1 Å². The van der Waals surface area contributed by atoms with Crippen LogP contribution in [0.25, 0.3) is 0 Å². The molecule has 21 heavy (non-hydrogen) atoms. The Morgan fingerprint density at radius 2 is 2.19 bits per heavy atom. The second-order valence-corrected chi connectivity index (χ2v) is 5.56. The molecule has 2 N–H and O–H groups in total. The highest BCUT2D eigenvalue weighted by Crippen LogP contribution is 2.31. The van der Waals surface area contributed by atoms with Crippen LogP contribution in [0.3, 0.4) is 0 Å². The molecule has 1 amide bonds. The van der Waals surface area contributed by atoms with E-state index in [9.17, 15) is 4.79 Å². The molecule has 1 aliphatic heterocycles. The van der Waals surface area contributed by atoms with E-state index >= 15 is 0 Å². The van der Waals surface area contributed by atoms with Crippen LogP contribution in [0.2, 0.25) is 0 Å². The number of rotatable bonds is 7. The SMILES string of the molecule is CN(C)CCOCCNC(=O)C1CCNc2ccccc21. The van der Waals surface area contributed by atoms with Crippen molar-refractivity contribution >= 4 is 11.6 Å². The van der Waals surface area contributed by atoms with Crippen LogP contribution in [0.4, 0.5) is 5.69 Å². The van der Waals surface area contributed by atoms with Gasteiger partial charge in [-0.3, -0.25) is 4.79 Å². The lowest BCUT2D eigenvalue weighted by atomic mass is 9.90. The Kier molecular flexibility index (Phi) is 6.02. The number of benzene rings is 1. The molecule has 1 aromatic rings. The van der Waals surface area contributed by atoms with Gasteiger partial charge in [0.25, 0.3) is 0 Å². The Hall–Kier alpha value is -1.59. The molecule has 0 fully saturated rings. The van der Waals surface area contributed by atoms with Crippen molar-refractivity contribution in [1.82, 2.24) is 10.2 Å². The Morgan fingerprint density at radius 3 is 3.00 bits per heavy atom. The van der Waals surface area contributed by atoms with E-state index in [0.717, 1.165) is 30.8 Å². The van der Waals surface area contributed by atoms with Crippen molar-refractivity contribution in [2.45, 2.75) is 12.3 Å². The fraction of sp³-hybridized carbons (Fsp3) is 0.562. The first-order valence-electron chi connectivity index (χ1n) is 7.51. The van der Waals surface area contributed by atoms with Gasteiger partial charge in [-0.2, -0.15) is 0 Å². The molecule has 0 saturated heterocycles. The van der Waals surface area contributed by atoms with Crippen molar-refractivity contribution in [2.75, 3.05) is 52.3 Å². The maximum absolute atomic E-state index is 12.3. The third kappa shape index (κ3) is 4.72. The topological polar surface area (TPSA) is 53.6 Å². The van der Waals surface area contributed by atoms with E-state index in [0.29, 0.717) is 19.8 Å². The molecule has 0 aromatic heterocycles. The zero-order chi connectivity index (χ0) is 15.1. The highest BCUT2D eigenvalue weighted by molar-refractivity contribution is 5.86. The predicted octanol–water partition coefficient (Wildman–Crippen LogP) is 1.28. The smallest absolute Gasteiger partial charge is 0.227 e. The number of nitrogens with one attached hydrogen (secondary N) is 2. The van der Waals surface area contributed by atoms with Gasteiger partial charge >= 0.3 is 0 Å². The van der Waals surface area contributed by atoms with Crippen molar-refractivity contribution in [3.63, 3.8) is 0 Å². The van der Waals surface area contributed by atoms with Crippen molar-refractivity contribution in [1.29, 1.82) is 0 Å². The summed E-state index contributed by atoms with van der Waals surface area (Å²) in [7, 11) is 4.03. The molecule has 1 atom stereocenters. The van der Waals surface area contributed by atoms with Crippen LogP contribution in [0.1, 0.15) is 17.9 Å². The molecular formula is C16H25N3O2. The summed E-state index contributed by atoms with van der Waals surface area (Å²) in [6, 6.07) is 8.03. The lowest BCUT2D eigenvalue weighted by molar-refractivity contribution is -0.122. The summed E-state index contributed by atoms with van der Waals surface area (Å²) < 4.78 is 5.48. The normalized spacial score (nSPS) is 17.2. The molecule has 0 saturated carbocycles. The molecule has 0 spiro atoms. The van der Waals surface area contributed by atoms with E-state index in [4.69, 9.17) is 4.74 Å². The standard InChI is InChI=1S/C16H25N3O2/c1-19(2)10-12-21-11-9-18-16(20)14-7-8-17-15-6-4-3-5-13(14)15/h3-6,14,17H,7-12H2,1-2H3,(H,18,20). The lowest BCUT2D eigenvalue weighted by Crippen LogP contribution is -2.35. The summed E-state index contributed by atoms with van der Waals surface area (Å²) in [4.78, 5) is 14.4. The van der Waals surface area contributed by atoms with Crippen LogP contribution in [0.15, 0.2) is 24.3 Å². The van der Waals surface area contributed by atoms with Crippen molar-refractivity contribution in [2.24, 2.45) is 0 Å². The van der Waals surface area contributed by atoms with E-state index in [1.54, 1.807) is 0 Å². The maximum Gasteiger partial charge on any atom is 0.227 e. The third-order valence-corrected chi connectivity index (χ3v) is 3.63. The maximum atomic E-state index is 12.3. The molecule has 2 rings (SSSR count). The van der Waals surface area contributed by atoms with Crippen molar-refractivity contribution < 1.29 is 9.53 Å². The van der Waals surface area contributed by atoms with E-state index < -0.39 is 0 Å². The minimum Gasteiger partial charge on any atom is -0.385 e. The van der Waals surface area contributed by atoms with Crippen LogP contribution >= 0.6 is 0 Å². The first kappa shape index (κ1) is 15.8. The average molecular weight is 291 g/mol. The van der Waals surface area contributed by atoms with Crippen LogP contribution in [0.5, 0.6) is 0 Å². The Balaban J connectivity index is 1.74. The molecule has 0 aliphatic carbocycles. The highest BCUT2D eigenvalue weighted by atomic mass is 16.5. The molecule has 116 valence electrons. The number of para-hydroxylation sites is 1. The summed E-state index contributed by atoms with van der Waals surface area (Å²) in [6.07, 6.45) is 0.838. The number of hydrogen-bond acceptors (Lipinski definition) is 4. The molecule has 1 aromatic carbocycles. The average Bonchev–Trinajstić information content (AvgIpc) is 2.49. The minimum atomic E-state index is -0.0516. The summed E-state index contributed by atoms with van der Waals surface area (Å²) in [5, 5.41) is 6.31. The van der Waals surface area contributed by atoms with Crippen LogP contribution < -0.4 is 10.6 Å². The third-order valence-electron chi connectivity index (χ3n) is 3.63. The van der Waals surface area contributed by atoms with Gasteiger partial charge in [-0.15, -0.1) is 0 Å². The monoisotopic (exact) mass is 291 g/mol. The number of anilines is 1. The van der Waals surface area contributed by atoms with Gasteiger partial charge in [0.1, 0.15) is 0 Å². The van der Waals surface area contributed by atoms with E-state index in [1.165, 1.54) is 0 Å². The van der Waals surface area contributed by atoms with Gasteiger partial charge in [0, 0.05) is 25.3 Å². The predicted molar refractivity (Wildman–Crippen MR) is 84.7 cm³/mol. The van der Waals surface area contributed by atoms with Crippen molar-refractivity contribution in [3.05, 3.63) is 29.8 Å². The zero-order valence-corrected chi connectivity index (χ0v) is 12.9. The number of fused-ring (bicyclic) bond motifs is 1. The largest absolute Gasteiger partial charge is 0.385 e. The number of hydrogen-bond donors (Lipinski definition) is 2. The summed E-state index contributed by atoms with van der Waals surface area (Å²) in [5.74, 6) is 0.0457. The first-order valence-corrected chi connectivity index (χ1v) is 7.51. The van der Waals surface area contributed by atoms with Crippen LogP contribution in [0, 0.1) is 0 Å². The molecule has 1 heterocycles. The summed E-state index contributed by atoms with van der Waals surface area (Å²) in [6.45, 7) is 3.56. The van der Waals surface area contributed by atoms with E-state index in [1.807, 2.05) is 38.4 Å². The first-order chi connectivity index (χ1) is 10.2. The molecular weight excluding hydrogens is 266 g/mol. The van der Waals surface area contributed by atoms with Gasteiger partial charge in [0.2, 0.25) is 5.91 Å². The Bertz CT molecular complexity index is 463. The molecule has 0 bridgehead atoms.